The van der Waals surface area contributed by atoms with Gasteiger partial charge in [0, 0.05) is 25.0 Å². The standard InChI is InChI=1S/C19H22O6/c1-11-7-5-6-8-12(2)18(24-14(4)21)17-15(10-23-13(3)20)19(22)25-16(17)9-11/h6,9,16,18H,5,7,10H2,1-4H3. The summed E-state index contributed by atoms with van der Waals surface area (Å²) in [6.45, 7) is 6.07. The minimum absolute atomic E-state index is 0.206. The molecule has 0 radical (unpaired) electrons. The highest BCUT2D eigenvalue weighted by atomic mass is 16.6. The van der Waals surface area contributed by atoms with Crippen molar-refractivity contribution in [2.75, 3.05) is 6.61 Å². The van der Waals surface area contributed by atoms with Crippen LogP contribution in [-0.2, 0) is 28.6 Å². The lowest BCUT2D eigenvalue weighted by atomic mass is 9.92. The zero-order valence-corrected chi connectivity index (χ0v) is 14.9. The highest BCUT2D eigenvalue weighted by molar-refractivity contribution is 5.94. The summed E-state index contributed by atoms with van der Waals surface area (Å²) in [5, 5.41) is 0. The lowest BCUT2D eigenvalue weighted by Crippen LogP contribution is -2.27. The molecule has 0 aromatic rings. The van der Waals surface area contributed by atoms with Crippen molar-refractivity contribution in [3.8, 4) is 0 Å². The van der Waals surface area contributed by atoms with Crippen molar-refractivity contribution in [1.29, 1.82) is 0 Å². The van der Waals surface area contributed by atoms with E-state index in [1.165, 1.54) is 13.8 Å². The van der Waals surface area contributed by atoms with Crippen LogP contribution in [0.1, 0.15) is 40.5 Å². The summed E-state index contributed by atoms with van der Waals surface area (Å²) in [6, 6.07) is 0. The Bertz CT molecular complexity index is 718. The Morgan fingerprint density at radius 1 is 1.28 bits per heavy atom. The molecule has 0 spiro atoms. The second-order valence-corrected chi connectivity index (χ2v) is 6.11. The second-order valence-electron chi connectivity index (χ2n) is 6.11. The highest BCUT2D eigenvalue weighted by Crippen LogP contribution is 2.33. The first-order valence-electron chi connectivity index (χ1n) is 8.13. The van der Waals surface area contributed by atoms with Gasteiger partial charge >= 0.3 is 17.9 Å². The summed E-state index contributed by atoms with van der Waals surface area (Å²) in [6.07, 6.45) is 3.87. The zero-order chi connectivity index (χ0) is 18.6. The molecule has 6 nitrogen and oxygen atoms in total. The van der Waals surface area contributed by atoms with Crippen molar-refractivity contribution in [2.24, 2.45) is 0 Å². The maximum absolute atomic E-state index is 12.3. The lowest BCUT2D eigenvalue weighted by Gasteiger charge is -2.22. The van der Waals surface area contributed by atoms with E-state index in [-0.39, 0.29) is 12.2 Å². The summed E-state index contributed by atoms with van der Waals surface area (Å²) < 4.78 is 15.9. The first-order chi connectivity index (χ1) is 11.8. The lowest BCUT2D eigenvalue weighted by molar-refractivity contribution is -0.144. The zero-order valence-electron chi connectivity index (χ0n) is 14.9. The molecule has 25 heavy (non-hydrogen) atoms. The summed E-state index contributed by atoms with van der Waals surface area (Å²) in [5.74, 6) is -1.56. The van der Waals surface area contributed by atoms with E-state index in [9.17, 15) is 14.4 Å². The Morgan fingerprint density at radius 3 is 2.64 bits per heavy atom. The van der Waals surface area contributed by atoms with Crippen molar-refractivity contribution in [3.63, 3.8) is 0 Å². The predicted octanol–water partition coefficient (Wildman–Crippen LogP) is 2.54. The third kappa shape index (κ3) is 4.70. The van der Waals surface area contributed by atoms with E-state index < -0.39 is 30.1 Å². The van der Waals surface area contributed by atoms with Gasteiger partial charge in [-0.05, 0) is 38.8 Å². The highest BCUT2D eigenvalue weighted by Gasteiger charge is 2.40. The number of fused-ring (bicyclic) bond motifs is 1. The van der Waals surface area contributed by atoms with Crippen LogP contribution in [0, 0.1) is 0 Å². The van der Waals surface area contributed by atoms with Gasteiger partial charge in [0.05, 0.1) is 5.57 Å². The van der Waals surface area contributed by atoms with Crippen LogP contribution in [0.4, 0.5) is 0 Å². The molecule has 6 heteroatoms. The van der Waals surface area contributed by atoms with E-state index in [4.69, 9.17) is 14.2 Å². The Balaban J connectivity index is 2.59. The molecule has 2 unspecified atom stereocenters. The van der Waals surface area contributed by atoms with E-state index in [0.717, 1.165) is 18.4 Å². The molecule has 0 aromatic carbocycles. The van der Waals surface area contributed by atoms with Gasteiger partial charge in [0.1, 0.15) is 12.7 Å². The van der Waals surface area contributed by atoms with Crippen LogP contribution >= 0.6 is 0 Å². The molecular weight excluding hydrogens is 324 g/mol. The number of esters is 3. The smallest absolute Gasteiger partial charge is 0.338 e. The normalized spacial score (nSPS) is 23.3. The molecule has 0 fully saturated rings. The van der Waals surface area contributed by atoms with E-state index >= 15 is 0 Å². The molecule has 2 rings (SSSR count). The van der Waals surface area contributed by atoms with Crippen molar-refractivity contribution < 1.29 is 28.6 Å². The van der Waals surface area contributed by atoms with Gasteiger partial charge in [0.2, 0.25) is 0 Å². The molecule has 1 heterocycles. The van der Waals surface area contributed by atoms with Crippen LogP contribution in [0.15, 0.2) is 40.2 Å². The van der Waals surface area contributed by atoms with Crippen molar-refractivity contribution in [3.05, 3.63) is 40.2 Å². The van der Waals surface area contributed by atoms with Gasteiger partial charge < -0.3 is 14.2 Å². The predicted molar refractivity (Wildman–Crippen MR) is 89.4 cm³/mol. The largest absolute Gasteiger partial charge is 0.461 e. The Labute approximate surface area is 146 Å². The Morgan fingerprint density at radius 2 is 2.00 bits per heavy atom. The van der Waals surface area contributed by atoms with E-state index in [1.54, 1.807) is 6.92 Å². The average molecular weight is 346 g/mol. The molecule has 2 aliphatic rings. The molecule has 0 aromatic heterocycles. The Kier molecular flexibility index (Phi) is 5.99. The number of hydrogen-bond donors (Lipinski definition) is 0. The maximum atomic E-state index is 12.3. The van der Waals surface area contributed by atoms with Crippen molar-refractivity contribution in [1.82, 2.24) is 0 Å². The van der Waals surface area contributed by atoms with Crippen LogP contribution in [-0.4, -0.2) is 36.7 Å². The summed E-state index contributed by atoms with van der Waals surface area (Å²) in [4.78, 5) is 35.1. The average Bonchev–Trinajstić information content (AvgIpc) is 2.81. The SMILES string of the molecule is CC(=O)OCC1=C2C(C=C(C)CCC=C=C(C)C2OC(C)=O)OC1=O. The second kappa shape index (κ2) is 7.99. The summed E-state index contributed by atoms with van der Waals surface area (Å²) in [5.41, 5.74) is 5.51. The fourth-order valence-corrected chi connectivity index (χ4v) is 2.79. The molecule has 1 aliphatic carbocycles. The molecule has 0 N–H and O–H groups in total. The third-order valence-corrected chi connectivity index (χ3v) is 3.96. The van der Waals surface area contributed by atoms with Crippen LogP contribution in [0.5, 0.6) is 0 Å². The van der Waals surface area contributed by atoms with Crippen LogP contribution in [0.2, 0.25) is 0 Å². The topological polar surface area (TPSA) is 78.9 Å². The molecule has 0 bridgehead atoms. The minimum Gasteiger partial charge on any atom is -0.461 e. The first kappa shape index (κ1) is 18.7. The molecule has 134 valence electrons. The maximum Gasteiger partial charge on any atom is 0.338 e. The molecule has 0 amide bonds. The molecule has 0 saturated heterocycles. The van der Waals surface area contributed by atoms with E-state index in [2.05, 4.69) is 5.73 Å². The van der Waals surface area contributed by atoms with Gasteiger partial charge in [-0.1, -0.05) is 5.57 Å². The van der Waals surface area contributed by atoms with Crippen molar-refractivity contribution >= 4 is 17.9 Å². The van der Waals surface area contributed by atoms with Crippen LogP contribution in [0.3, 0.4) is 0 Å². The van der Waals surface area contributed by atoms with Crippen LogP contribution < -0.4 is 0 Å². The monoisotopic (exact) mass is 346 g/mol. The van der Waals surface area contributed by atoms with Crippen molar-refractivity contribution in [2.45, 2.75) is 52.7 Å². The first-order valence-corrected chi connectivity index (χ1v) is 8.13. The van der Waals surface area contributed by atoms with E-state index in [0.29, 0.717) is 11.1 Å². The molecule has 1 aliphatic heterocycles. The van der Waals surface area contributed by atoms with Gasteiger partial charge in [0.15, 0.2) is 6.10 Å². The fourth-order valence-electron chi connectivity index (χ4n) is 2.79. The minimum atomic E-state index is -0.794. The summed E-state index contributed by atoms with van der Waals surface area (Å²) in [7, 11) is 0. The van der Waals surface area contributed by atoms with Gasteiger partial charge in [-0.15, -0.1) is 5.73 Å². The summed E-state index contributed by atoms with van der Waals surface area (Å²) >= 11 is 0. The number of rotatable bonds is 3. The van der Waals surface area contributed by atoms with E-state index in [1.807, 2.05) is 19.1 Å². The molecular formula is C19H22O6. The Hall–Kier alpha value is -2.59. The fraction of sp³-hybridized carbons (Fsp3) is 0.474. The van der Waals surface area contributed by atoms with Gasteiger partial charge in [-0.2, -0.15) is 0 Å². The molecule has 0 saturated carbocycles. The molecule has 2 atom stereocenters. The number of ether oxygens (including phenoxy) is 3. The van der Waals surface area contributed by atoms with Gasteiger partial charge in [-0.25, -0.2) is 4.79 Å². The third-order valence-electron chi connectivity index (χ3n) is 3.96. The number of hydrogen-bond acceptors (Lipinski definition) is 6. The number of carbonyl (C=O) groups excluding carboxylic acids is 3. The van der Waals surface area contributed by atoms with Gasteiger partial charge in [-0.3, -0.25) is 9.59 Å². The van der Waals surface area contributed by atoms with Gasteiger partial charge in [0.25, 0.3) is 0 Å². The van der Waals surface area contributed by atoms with Crippen LogP contribution in [0.25, 0.3) is 0 Å². The number of carbonyl (C=O) groups is 3. The number of allylic oxidation sites excluding steroid dienone is 1. The quantitative estimate of drug-likeness (QED) is 0.338.